The summed E-state index contributed by atoms with van der Waals surface area (Å²) in [4.78, 5) is 19.6. The third-order valence-corrected chi connectivity index (χ3v) is 5.50. The molecule has 1 unspecified atom stereocenters. The molecule has 1 aromatic carbocycles. The van der Waals surface area contributed by atoms with Crippen molar-refractivity contribution in [3.8, 4) is 11.8 Å². The fourth-order valence-corrected chi connectivity index (χ4v) is 3.88. The van der Waals surface area contributed by atoms with Gasteiger partial charge in [-0.05, 0) is 44.2 Å². The first-order chi connectivity index (χ1) is 16.5. The summed E-state index contributed by atoms with van der Waals surface area (Å²) < 4.78 is 5.87. The molecule has 1 saturated heterocycles. The number of halogens is 1. The quantitative estimate of drug-likeness (QED) is 0.546. The Bertz CT molecular complexity index is 1200. The average Bonchev–Trinajstić information content (AvgIpc) is 3.34. The van der Waals surface area contributed by atoms with Crippen LogP contribution >= 0.6 is 11.6 Å². The number of nitrogens with one attached hydrogen (secondary N) is 2. The molecule has 0 radical (unpaired) electrons. The largest absolute Gasteiger partial charge is 0.372 e. The molecular weight excluding hydrogens is 450 g/mol. The van der Waals surface area contributed by atoms with Gasteiger partial charge in [0.2, 0.25) is 0 Å². The van der Waals surface area contributed by atoms with Crippen molar-refractivity contribution in [1.82, 2.24) is 20.5 Å². The standard InChI is InChI=1S/C26H26ClN5O2/c1-18-16-32(17-19(2)34-18)25-22(8-5-20-6-9-24(27)10-7-20)12-23(15-29-25)26(33)28-11-3-4-21-13-30-31-14-21/h3-4,6-7,9-10,12-15,18-19H,11,16-17H2,1-2H3,(H,28,33)(H,30,31)/b4-3+/t18-,19?/m0/s1. The number of aromatic amines is 1. The van der Waals surface area contributed by atoms with Crippen LogP contribution in [0.2, 0.25) is 5.02 Å². The van der Waals surface area contributed by atoms with E-state index in [9.17, 15) is 4.79 Å². The zero-order valence-corrected chi connectivity index (χ0v) is 19.8. The minimum absolute atomic E-state index is 0.0765. The fourth-order valence-electron chi connectivity index (χ4n) is 3.75. The zero-order valence-electron chi connectivity index (χ0n) is 19.1. The molecule has 1 aliphatic rings. The van der Waals surface area contributed by atoms with Gasteiger partial charge in [0.25, 0.3) is 5.91 Å². The lowest BCUT2D eigenvalue weighted by Crippen LogP contribution is -2.46. The lowest BCUT2D eigenvalue weighted by molar-refractivity contribution is -0.00547. The van der Waals surface area contributed by atoms with Gasteiger partial charge in [0, 0.05) is 48.2 Å². The third kappa shape index (κ3) is 6.25. The lowest BCUT2D eigenvalue weighted by Gasteiger charge is -2.36. The number of H-pyrrole nitrogens is 1. The van der Waals surface area contributed by atoms with Crippen LogP contribution in [0.1, 0.15) is 40.9 Å². The second-order valence-corrected chi connectivity index (χ2v) is 8.59. The van der Waals surface area contributed by atoms with Gasteiger partial charge in [-0.2, -0.15) is 5.10 Å². The number of ether oxygens (including phenoxy) is 1. The fraction of sp³-hybridized carbons (Fsp3) is 0.269. The number of hydrogen-bond acceptors (Lipinski definition) is 5. The summed E-state index contributed by atoms with van der Waals surface area (Å²) in [5.41, 5.74) is 2.92. The smallest absolute Gasteiger partial charge is 0.253 e. The van der Waals surface area contributed by atoms with Crippen molar-refractivity contribution in [2.45, 2.75) is 26.1 Å². The maximum Gasteiger partial charge on any atom is 0.253 e. The molecule has 3 aromatic rings. The van der Waals surface area contributed by atoms with Gasteiger partial charge in [0.15, 0.2) is 0 Å². The highest BCUT2D eigenvalue weighted by molar-refractivity contribution is 6.30. The number of pyridine rings is 1. The Hall–Kier alpha value is -3.60. The van der Waals surface area contributed by atoms with E-state index in [4.69, 9.17) is 16.3 Å². The van der Waals surface area contributed by atoms with Crippen LogP contribution in [0.15, 0.2) is 55.0 Å². The molecule has 0 saturated carbocycles. The molecule has 2 atom stereocenters. The third-order valence-electron chi connectivity index (χ3n) is 5.24. The van der Waals surface area contributed by atoms with Crippen molar-refractivity contribution < 1.29 is 9.53 Å². The van der Waals surface area contributed by atoms with Gasteiger partial charge in [-0.1, -0.05) is 35.6 Å². The Morgan fingerprint density at radius 2 is 2.00 bits per heavy atom. The summed E-state index contributed by atoms with van der Waals surface area (Å²) in [7, 11) is 0. The second-order valence-electron chi connectivity index (χ2n) is 8.16. The van der Waals surface area contributed by atoms with Crippen molar-refractivity contribution in [2.75, 3.05) is 24.5 Å². The zero-order chi connectivity index (χ0) is 23.9. The highest BCUT2D eigenvalue weighted by Gasteiger charge is 2.25. The van der Waals surface area contributed by atoms with Crippen molar-refractivity contribution >= 4 is 29.4 Å². The lowest BCUT2D eigenvalue weighted by atomic mass is 10.1. The number of amides is 1. The van der Waals surface area contributed by atoms with Gasteiger partial charge in [-0.25, -0.2) is 4.98 Å². The molecule has 3 heterocycles. The Balaban J connectivity index is 1.57. The number of aromatic nitrogens is 3. The van der Waals surface area contributed by atoms with Crippen molar-refractivity contribution in [2.24, 2.45) is 0 Å². The normalized spacial score (nSPS) is 17.9. The molecule has 2 N–H and O–H groups in total. The predicted octanol–water partition coefficient (Wildman–Crippen LogP) is 3.91. The summed E-state index contributed by atoms with van der Waals surface area (Å²) in [5, 5.41) is 10.2. The predicted molar refractivity (Wildman–Crippen MR) is 134 cm³/mol. The molecule has 1 fully saturated rings. The van der Waals surface area contributed by atoms with Gasteiger partial charge >= 0.3 is 0 Å². The van der Waals surface area contributed by atoms with E-state index < -0.39 is 0 Å². The molecule has 2 aromatic heterocycles. The number of benzene rings is 1. The van der Waals surface area contributed by atoms with Crippen molar-refractivity contribution in [3.63, 3.8) is 0 Å². The van der Waals surface area contributed by atoms with E-state index in [1.807, 2.05) is 38.1 Å². The molecule has 174 valence electrons. The van der Waals surface area contributed by atoms with Crippen molar-refractivity contribution in [1.29, 1.82) is 0 Å². The Morgan fingerprint density at radius 3 is 2.71 bits per heavy atom. The van der Waals surface area contributed by atoms with Crippen LogP contribution in [0, 0.1) is 11.8 Å². The van der Waals surface area contributed by atoms with Crippen LogP contribution in [-0.2, 0) is 4.74 Å². The van der Waals surface area contributed by atoms with E-state index in [1.54, 1.807) is 36.8 Å². The number of nitrogens with zero attached hydrogens (tertiary/aromatic N) is 3. The number of carbonyl (C=O) groups is 1. The first-order valence-corrected chi connectivity index (χ1v) is 11.5. The number of carbonyl (C=O) groups excluding carboxylic acids is 1. The number of anilines is 1. The van der Waals surface area contributed by atoms with Crippen LogP contribution < -0.4 is 10.2 Å². The van der Waals surface area contributed by atoms with Crippen LogP contribution in [0.5, 0.6) is 0 Å². The molecule has 1 amide bonds. The second kappa shape index (κ2) is 11.0. The summed E-state index contributed by atoms with van der Waals surface area (Å²) in [6.07, 6.45) is 8.99. The van der Waals surface area contributed by atoms with E-state index in [0.29, 0.717) is 35.8 Å². The molecule has 4 rings (SSSR count). The first kappa shape index (κ1) is 23.6. The van der Waals surface area contributed by atoms with Gasteiger partial charge in [-0.3, -0.25) is 9.89 Å². The summed E-state index contributed by atoms with van der Waals surface area (Å²) in [6, 6.07) is 9.13. The molecule has 8 heteroatoms. The number of rotatable bonds is 5. The van der Waals surface area contributed by atoms with E-state index >= 15 is 0 Å². The Labute approximate surface area is 204 Å². The molecule has 34 heavy (non-hydrogen) atoms. The van der Waals surface area contributed by atoms with Gasteiger partial charge in [0.05, 0.1) is 29.5 Å². The number of hydrogen-bond donors (Lipinski definition) is 2. The van der Waals surface area contributed by atoms with Crippen LogP contribution in [-0.4, -0.2) is 52.9 Å². The van der Waals surface area contributed by atoms with E-state index in [0.717, 1.165) is 16.9 Å². The molecule has 0 bridgehead atoms. The Morgan fingerprint density at radius 1 is 1.24 bits per heavy atom. The van der Waals surface area contributed by atoms with Crippen LogP contribution in [0.3, 0.4) is 0 Å². The average molecular weight is 476 g/mol. The summed E-state index contributed by atoms with van der Waals surface area (Å²) in [6.45, 7) is 5.88. The van der Waals surface area contributed by atoms with Gasteiger partial charge < -0.3 is 15.0 Å². The molecular formula is C26H26ClN5O2. The maximum atomic E-state index is 12.8. The minimum Gasteiger partial charge on any atom is -0.372 e. The Kier molecular flexibility index (Phi) is 7.63. The minimum atomic E-state index is -0.214. The van der Waals surface area contributed by atoms with Crippen LogP contribution in [0.4, 0.5) is 5.82 Å². The SMILES string of the molecule is CC1CN(c2ncc(C(=O)NC/C=C/c3cn[nH]c3)cc2C#Cc2ccc(Cl)cc2)C[C@H](C)O1. The van der Waals surface area contributed by atoms with Crippen molar-refractivity contribution in [3.05, 3.63) is 82.3 Å². The molecule has 0 aliphatic carbocycles. The molecule has 1 aliphatic heterocycles. The summed E-state index contributed by atoms with van der Waals surface area (Å²) >= 11 is 5.99. The van der Waals surface area contributed by atoms with Gasteiger partial charge in [-0.15, -0.1) is 0 Å². The highest BCUT2D eigenvalue weighted by atomic mass is 35.5. The van der Waals surface area contributed by atoms with Crippen LogP contribution in [0.25, 0.3) is 6.08 Å². The van der Waals surface area contributed by atoms with E-state index in [2.05, 4.69) is 37.2 Å². The monoisotopic (exact) mass is 475 g/mol. The van der Waals surface area contributed by atoms with E-state index in [1.165, 1.54) is 0 Å². The topological polar surface area (TPSA) is 83.1 Å². The number of morpholine rings is 1. The first-order valence-electron chi connectivity index (χ1n) is 11.1. The van der Waals surface area contributed by atoms with Gasteiger partial charge in [0.1, 0.15) is 5.82 Å². The van der Waals surface area contributed by atoms with E-state index in [-0.39, 0.29) is 18.1 Å². The summed E-state index contributed by atoms with van der Waals surface area (Å²) in [5.74, 6) is 6.92. The maximum absolute atomic E-state index is 12.8. The molecule has 7 nitrogen and oxygen atoms in total. The molecule has 0 spiro atoms. The highest BCUT2D eigenvalue weighted by Crippen LogP contribution is 2.23.